The molecule has 0 radical (unpaired) electrons. The van der Waals surface area contributed by atoms with E-state index in [-0.39, 0.29) is 5.56 Å². The highest BCUT2D eigenvalue weighted by molar-refractivity contribution is 7.98. The number of hydrogen-bond acceptors (Lipinski definition) is 8. The van der Waals surface area contributed by atoms with Crippen molar-refractivity contribution < 1.29 is 18.9 Å². The molecule has 0 aliphatic heterocycles. The number of nitrogens with zero attached hydrogens (tertiary/aromatic N) is 3. The predicted molar refractivity (Wildman–Crippen MR) is 134 cm³/mol. The van der Waals surface area contributed by atoms with E-state index in [0.29, 0.717) is 56.1 Å². The van der Waals surface area contributed by atoms with Crippen LogP contribution in [0.1, 0.15) is 11.1 Å². The van der Waals surface area contributed by atoms with E-state index in [0.717, 1.165) is 5.56 Å². The predicted octanol–water partition coefficient (Wildman–Crippen LogP) is 4.58. The molecule has 0 fully saturated rings. The first-order chi connectivity index (χ1) is 17.0. The number of methoxy groups -OCH3 is 4. The number of thioether (sulfide) groups is 1. The molecular weight excluding hydrogens is 466 g/mol. The number of ether oxygens (including phenoxy) is 4. The van der Waals surface area contributed by atoms with Crippen LogP contribution in [0.4, 0.5) is 0 Å². The first-order valence-corrected chi connectivity index (χ1v) is 11.5. The summed E-state index contributed by atoms with van der Waals surface area (Å²) in [5.74, 6) is 2.27. The summed E-state index contributed by atoms with van der Waals surface area (Å²) in [6, 6.07) is 18.2. The molecule has 0 N–H and O–H groups in total. The topological polar surface area (TPSA) is 95.6 Å². The number of benzene rings is 3. The standard InChI is InChI=1S/C26H23N3O5S/c1-31-19-11-9-18(10-12-19)29-25(30)20-13-21(32-2)23(33-3)24(34-4)22(20)28-26(29)35-15-17-7-5-16(14-27)6-8-17/h5-13H,15H2,1-4H3. The lowest BCUT2D eigenvalue weighted by atomic mass is 10.2. The lowest BCUT2D eigenvalue weighted by Gasteiger charge is -2.17. The molecule has 1 aromatic heterocycles. The van der Waals surface area contributed by atoms with Crippen LogP contribution < -0.4 is 24.5 Å². The monoisotopic (exact) mass is 489 g/mol. The molecule has 0 saturated heterocycles. The highest BCUT2D eigenvalue weighted by atomic mass is 32.2. The van der Waals surface area contributed by atoms with Crippen LogP contribution in [0.2, 0.25) is 0 Å². The highest BCUT2D eigenvalue weighted by Gasteiger charge is 2.22. The number of rotatable bonds is 8. The first-order valence-electron chi connectivity index (χ1n) is 10.6. The molecule has 0 bridgehead atoms. The van der Waals surface area contributed by atoms with Crippen molar-refractivity contribution in [2.45, 2.75) is 10.9 Å². The molecule has 0 aliphatic rings. The van der Waals surface area contributed by atoms with Crippen molar-refractivity contribution in [1.82, 2.24) is 9.55 Å². The van der Waals surface area contributed by atoms with Crippen molar-refractivity contribution in [1.29, 1.82) is 5.26 Å². The molecule has 0 unspecified atom stereocenters. The molecule has 35 heavy (non-hydrogen) atoms. The molecular formula is C26H23N3O5S. The normalized spacial score (nSPS) is 10.6. The molecule has 0 saturated carbocycles. The third-order valence-corrected chi connectivity index (χ3v) is 6.43. The van der Waals surface area contributed by atoms with Crippen molar-refractivity contribution in [3.05, 3.63) is 76.1 Å². The van der Waals surface area contributed by atoms with E-state index in [4.69, 9.17) is 29.2 Å². The Kier molecular flexibility index (Phi) is 7.13. The van der Waals surface area contributed by atoms with Gasteiger partial charge >= 0.3 is 0 Å². The lowest BCUT2D eigenvalue weighted by molar-refractivity contribution is 0.326. The summed E-state index contributed by atoms with van der Waals surface area (Å²) < 4.78 is 23.4. The Bertz CT molecular complexity index is 1460. The zero-order valence-corrected chi connectivity index (χ0v) is 20.5. The van der Waals surface area contributed by atoms with Crippen LogP contribution in [0, 0.1) is 11.3 Å². The van der Waals surface area contributed by atoms with Gasteiger partial charge in [0.1, 0.15) is 11.3 Å². The van der Waals surface area contributed by atoms with E-state index >= 15 is 0 Å². The van der Waals surface area contributed by atoms with E-state index < -0.39 is 0 Å². The van der Waals surface area contributed by atoms with Crippen LogP contribution in [-0.2, 0) is 5.75 Å². The minimum absolute atomic E-state index is 0.276. The van der Waals surface area contributed by atoms with Gasteiger partial charge in [-0.1, -0.05) is 23.9 Å². The highest BCUT2D eigenvalue weighted by Crippen LogP contribution is 2.42. The largest absolute Gasteiger partial charge is 0.497 e. The van der Waals surface area contributed by atoms with Gasteiger partial charge in [-0.2, -0.15) is 5.26 Å². The maximum Gasteiger partial charge on any atom is 0.266 e. The Balaban J connectivity index is 1.92. The van der Waals surface area contributed by atoms with Gasteiger partial charge in [0.25, 0.3) is 5.56 Å². The van der Waals surface area contributed by atoms with Gasteiger partial charge in [0.05, 0.1) is 51.1 Å². The van der Waals surface area contributed by atoms with E-state index in [1.54, 1.807) is 54.1 Å². The second-order valence-electron chi connectivity index (χ2n) is 7.37. The number of aromatic nitrogens is 2. The Labute approximate surface area is 206 Å². The molecule has 1 heterocycles. The SMILES string of the molecule is COc1ccc(-n2c(SCc3ccc(C#N)cc3)nc3c(OC)c(OC)c(OC)cc3c2=O)cc1. The van der Waals surface area contributed by atoms with Crippen molar-refractivity contribution in [2.75, 3.05) is 28.4 Å². The fourth-order valence-corrected chi connectivity index (χ4v) is 4.61. The summed E-state index contributed by atoms with van der Waals surface area (Å²) in [7, 11) is 6.09. The number of nitriles is 1. The van der Waals surface area contributed by atoms with Crippen molar-refractivity contribution in [3.63, 3.8) is 0 Å². The molecule has 0 spiro atoms. The van der Waals surface area contributed by atoms with Crippen LogP contribution in [-0.4, -0.2) is 38.0 Å². The summed E-state index contributed by atoms with van der Waals surface area (Å²) in [4.78, 5) is 18.7. The van der Waals surface area contributed by atoms with E-state index in [1.807, 2.05) is 12.1 Å². The molecule has 0 atom stereocenters. The third kappa shape index (κ3) is 4.61. The van der Waals surface area contributed by atoms with Crippen LogP contribution in [0.3, 0.4) is 0 Å². The fourth-order valence-electron chi connectivity index (χ4n) is 3.65. The molecule has 178 valence electrons. The molecule has 4 aromatic rings. The maximum atomic E-state index is 13.8. The average Bonchev–Trinajstić information content (AvgIpc) is 2.91. The van der Waals surface area contributed by atoms with Crippen molar-refractivity contribution >= 4 is 22.7 Å². The molecule has 8 nitrogen and oxygen atoms in total. The van der Waals surface area contributed by atoms with Crippen LogP contribution in [0.5, 0.6) is 23.0 Å². The Hall–Kier alpha value is -4.16. The number of fused-ring (bicyclic) bond motifs is 1. The summed E-state index contributed by atoms with van der Waals surface area (Å²) in [6.07, 6.45) is 0. The van der Waals surface area contributed by atoms with Gasteiger partial charge in [-0.25, -0.2) is 4.98 Å². The lowest BCUT2D eigenvalue weighted by Crippen LogP contribution is -2.22. The minimum atomic E-state index is -0.276. The molecule has 9 heteroatoms. The van der Waals surface area contributed by atoms with Gasteiger partial charge in [0.2, 0.25) is 5.75 Å². The van der Waals surface area contributed by atoms with Gasteiger partial charge in [0, 0.05) is 5.75 Å². The summed E-state index contributed by atoms with van der Waals surface area (Å²) >= 11 is 1.40. The second kappa shape index (κ2) is 10.4. The summed E-state index contributed by atoms with van der Waals surface area (Å²) in [5, 5.41) is 9.86. The Morgan fingerprint density at radius 3 is 2.17 bits per heavy atom. The zero-order chi connectivity index (χ0) is 24.9. The first kappa shape index (κ1) is 24.0. The Morgan fingerprint density at radius 2 is 1.60 bits per heavy atom. The van der Waals surface area contributed by atoms with E-state index in [2.05, 4.69) is 6.07 Å². The average molecular weight is 490 g/mol. The van der Waals surface area contributed by atoms with E-state index in [1.165, 1.54) is 33.1 Å². The van der Waals surface area contributed by atoms with Gasteiger partial charge in [-0.3, -0.25) is 9.36 Å². The summed E-state index contributed by atoms with van der Waals surface area (Å²) in [6.45, 7) is 0. The smallest absolute Gasteiger partial charge is 0.266 e. The molecule has 0 aliphatic carbocycles. The minimum Gasteiger partial charge on any atom is -0.497 e. The molecule has 3 aromatic carbocycles. The quantitative estimate of drug-likeness (QED) is 0.262. The number of hydrogen-bond donors (Lipinski definition) is 0. The Morgan fingerprint density at radius 1 is 0.914 bits per heavy atom. The van der Waals surface area contributed by atoms with Gasteiger partial charge in [-0.15, -0.1) is 0 Å². The molecule has 0 amide bonds. The fraction of sp³-hybridized carbons (Fsp3) is 0.192. The van der Waals surface area contributed by atoms with Crippen LogP contribution in [0.15, 0.2) is 64.5 Å². The molecule has 4 rings (SSSR count). The third-order valence-electron chi connectivity index (χ3n) is 5.42. The van der Waals surface area contributed by atoms with Gasteiger partial charge in [0.15, 0.2) is 16.7 Å². The van der Waals surface area contributed by atoms with E-state index in [9.17, 15) is 4.79 Å². The zero-order valence-electron chi connectivity index (χ0n) is 19.7. The van der Waals surface area contributed by atoms with Crippen molar-refractivity contribution in [2.24, 2.45) is 0 Å². The van der Waals surface area contributed by atoms with Crippen LogP contribution >= 0.6 is 11.8 Å². The van der Waals surface area contributed by atoms with Gasteiger partial charge in [-0.05, 0) is 48.0 Å². The second-order valence-corrected chi connectivity index (χ2v) is 8.31. The van der Waals surface area contributed by atoms with Crippen LogP contribution in [0.25, 0.3) is 16.6 Å². The maximum absolute atomic E-state index is 13.8. The van der Waals surface area contributed by atoms with Gasteiger partial charge < -0.3 is 18.9 Å². The van der Waals surface area contributed by atoms with Crippen molar-refractivity contribution in [3.8, 4) is 34.8 Å². The summed E-state index contributed by atoms with van der Waals surface area (Å²) in [5.41, 5.74) is 2.32.